The van der Waals surface area contributed by atoms with Crippen LogP contribution in [0.15, 0.2) is 18.2 Å². The van der Waals surface area contributed by atoms with Crippen LogP contribution in [0.2, 0.25) is 0 Å². The number of aliphatic hydroxyl groups is 1. The highest BCUT2D eigenvalue weighted by atomic mass is 16.6. The van der Waals surface area contributed by atoms with E-state index in [1.807, 2.05) is 25.1 Å². The molecule has 1 N–H and O–H groups in total. The minimum atomic E-state index is -0.0183. The van der Waals surface area contributed by atoms with Crippen molar-refractivity contribution in [3.63, 3.8) is 0 Å². The average Bonchev–Trinajstić information content (AvgIpc) is 2.19. The fraction of sp³-hybridized carbons (Fsp3) is 0.455. The number of ether oxygens (including phenoxy) is 2. The van der Waals surface area contributed by atoms with Crippen molar-refractivity contribution in [2.45, 2.75) is 19.4 Å². The van der Waals surface area contributed by atoms with Crippen molar-refractivity contribution in [1.82, 2.24) is 0 Å². The quantitative estimate of drug-likeness (QED) is 0.775. The molecule has 0 aromatic heterocycles. The number of hydrogen-bond acceptors (Lipinski definition) is 3. The van der Waals surface area contributed by atoms with Crippen molar-refractivity contribution in [3.05, 3.63) is 23.8 Å². The highest BCUT2D eigenvalue weighted by molar-refractivity contribution is 5.43. The lowest BCUT2D eigenvalue weighted by Crippen LogP contribution is -2.29. The summed E-state index contributed by atoms with van der Waals surface area (Å²) in [5.41, 5.74) is 1.16. The molecule has 0 fully saturated rings. The molecular formula is C11H14O3. The molecule has 1 aromatic rings. The van der Waals surface area contributed by atoms with Gasteiger partial charge in [-0.25, -0.2) is 0 Å². The molecule has 3 heteroatoms. The van der Waals surface area contributed by atoms with Gasteiger partial charge in [0.1, 0.15) is 12.7 Å². The van der Waals surface area contributed by atoms with Crippen LogP contribution >= 0.6 is 0 Å². The minimum Gasteiger partial charge on any atom is -0.486 e. The molecule has 0 radical (unpaired) electrons. The van der Waals surface area contributed by atoms with Crippen LogP contribution in [0.4, 0.5) is 0 Å². The highest BCUT2D eigenvalue weighted by Gasteiger charge is 2.19. The summed E-state index contributed by atoms with van der Waals surface area (Å²) < 4.78 is 11.2. The Balaban J connectivity index is 2.15. The smallest absolute Gasteiger partial charge is 0.161 e. The van der Waals surface area contributed by atoms with E-state index in [4.69, 9.17) is 14.6 Å². The van der Waals surface area contributed by atoms with E-state index in [1.54, 1.807) is 0 Å². The number of aliphatic hydroxyl groups excluding tert-OH is 1. The van der Waals surface area contributed by atoms with Gasteiger partial charge in [0.05, 0.1) is 0 Å². The summed E-state index contributed by atoms with van der Waals surface area (Å²) >= 11 is 0. The first kappa shape index (κ1) is 9.34. The lowest BCUT2D eigenvalue weighted by Gasteiger charge is -2.26. The molecule has 1 aromatic carbocycles. The molecule has 1 aliphatic heterocycles. The van der Waals surface area contributed by atoms with Gasteiger partial charge in [-0.15, -0.1) is 0 Å². The van der Waals surface area contributed by atoms with Crippen LogP contribution < -0.4 is 9.47 Å². The zero-order valence-electron chi connectivity index (χ0n) is 8.19. The van der Waals surface area contributed by atoms with Gasteiger partial charge in [-0.3, -0.25) is 0 Å². The van der Waals surface area contributed by atoms with Crippen molar-refractivity contribution < 1.29 is 14.6 Å². The lowest BCUT2D eigenvalue weighted by atomic mass is 10.2. The molecule has 0 unspecified atom stereocenters. The Labute approximate surface area is 83.3 Å². The van der Waals surface area contributed by atoms with E-state index in [0.717, 1.165) is 17.1 Å². The molecule has 0 amide bonds. The molecule has 3 nitrogen and oxygen atoms in total. The Kier molecular flexibility index (Phi) is 2.59. The number of fused-ring (bicyclic) bond motifs is 1. The highest BCUT2D eigenvalue weighted by Crippen LogP contribution is 2.32. The van der Waals surface area contributed by atoms with Gasteiger partial charge in [0, 0.05) is 13.0 Å². The molecule has 1 atom stereocenters. The summed E-state index contributed by atoms with van der Waals surface area (Å²) in [6, 6.07) is 5.86. The first-order valence-electron chi connectivity index (χ1n) is 4.80. The first-order valence-corrected chi connectivity index (χ1v) is 4.80. The minimum absolute atomic E-state index is 0.0183. The molecule has 1 heterocycles. The van der Waals surface area contributed by atoms with Crippen LogP contribution in [0.5, 0.6) is 11.5 Å². The number of rotatable bonds is 2. The molecule has 0 spiro atoms. The van der Waals surface area contributed by atoms with E-state index in [9.17, 15) is 0 Å². The standard InChI is InChI=1S/C11H14O3/c1-8-2-3-10-11(6-8)13-7-9(14-10)4-5-12/h2-3,6,9,12H,4-5,7H2,1H3/t9-/m0/s1. The van der Waals surface area contributed by atoms with Crippen LogP contribution in [0, 0.1) is 6.92 Å². The van der Waals surface area contributed by atoms with Gasteiger partial charge in [-0.05, 0) is 24.6 Å². The number of aryl methyl sites for hydroxylation is 1. The zero-order valence-corrected chi connectivity index (χ0v) is 8.19. The largest absolute Gasteiger partial charge is 0.486 e. The van der Waals surface area contributed by atoms with Crippen LogP contribution in [-0.2, 0) is 0 Å². The van der Waals surface area contributed by atoms with Crippen molar-refractivity contribution >= 4 is 0 Å². The zero-order chi connectivity index (χ0) is 9.97. The van der Waals surface area contributed by atoms with Gasteiger partial charge in [-0.1, -0.05) is 6.07 Å². The van der Waals surface area contributed by atoms with E-state index in [1.165, 1.54) is 0 Å². The second-order valence-corrected chi connectivity index (χ2v) is 3.51. The lowest BCUT2D eigenvalue weighted by molar-refractivity contribution is 0.0703. The van der Waals surface area contributed by atoms with Gasteiger partial charge in [0.2, 0.25) is 0 Å². The topological polar surface area (TPSA) is 38.7 Å². The molecule has 0 bridgehead atoms. The summed E-state index contributed by atoms with van der Waals surface area (Å²) in [6.07, 6.45) is 0.600. The third kappa shape index (κ3) is 1.82. The number of hydrogen-bond donors (Lipinski definition) is 1. The van der Waals surface area contributed by atoms with Gasteiger partial charge in [-0.2, -0.15) is 0 Å². The molecule has 76 valence electrons. The monoisotopic (exact) mass is 194 g/mol. The maximum absolute atomic E-state index is 8.78. The molecular weight excluding hydrogens is 180 g/mol. The van der Waals surface area contributed by atoms with Crippen molar-refractivity contribution in [3.8, 4) is 11.5 Å². The number of benzene rings is 1. The second kappa shape index (κ2) is 3.88. The summed E-state index contributed by atoms with van der Waals surface area (Å²) in [4.78, 5) is 0. The van der Waals surface area contributed by atoms with Gasteiger partial charge >= 0.3 is 0 Å². The normalized spacial score (nSPS) is 19.4. The Bertz CT molecular complexity index is 322. The predicted octanol–water partition coefficient (Wildman–Crippen LogP) is 1.52. The molecule has 0 saturated carbocycles. The van der Waals surface area contributed by atoms with E-state index < -0.39 is 0 Å². The SMILES string of the molecule is Cc1ccc2c(c1)OC[C@H](CCO)O2. The predicted molar refractivity (Wildman–Crippen MR) is 52.8 cm³/mol. The summed E-state index contributed by atoms with van der Waals surface area (Å²) in [6.45, 7) is 2.68. The molecule has 14 heavy (non-hydrogen) atoms. The molecule has 0 saturated heterocycles. The maximum Gasteiger partial charge on any atom is 0.161 e. The van der Waals surface area contributed by atoms with Crippen LogP contribution in [0.25, 0.3) is 0 Å². The van der Waals surface area contributed by atoms with Crippen LogP contribution in [0.1, 0.15) is 12.0 Å². The van der Waals surface area contributed by atoms with Gasteiger partial charge in [0.25, 0.3) is 0 Å². The molecule has 0 aliphatic carbocycles. The van der Waals surface area contributed by atoms with Crippen molar-refractivity contribution in [2.75, 3.05) is 13.2 Å². The Morgan fingerprint density at radius 1 is 1.43 bits per heavy atom. The third-order valence-corrected chi connectivity index (χ3v) is 2.27. The first-order chi connectivity index (χ1) is 6.79. The Hall–Kier alpha value is -1.22. The summed E-state index contributed by atoms with van der Waals surface area (Å²) in [5.74, 6) is 1.58. The van der Waals surface area contributed by atoms with Crippen molar-refractivity contribution in [1.29, 1.82) is 0 Å². The fourth-order valence-electron chi connectivity index (χ4n) is 1.51. The molecule has 1 aliphatic rings. The second-order valence-electron chi connectivity index (χ2n) is 3.51. The third-order valence-electron chi connectivity index (χ3n) is 2.27. The summed E-state index contributed by atoms with van der Waals surface area (Å²) in [7, 11) is 0. The van der Waals surface area contributed by atoms with Crippen LogP contribution in [0.3, 0.4) is 0 Å². The van der Waals surface area contributed by atoms with Crippen LogP contribution in [-0.4, -0.2) is 24.4 Å². The average molecular weight is 194 g/mol. The van der Waals surface area contributed by atoms with Crippen molar-refractivity contribution in [2.24, 2.45) is 0 Å². The maximum atomic E-state index is 8.78. The summed E-state index contributed by atoms with van der Waals surface area (Å²) in [5, 5.41) is 8.78. The van der Waals surface area contributed by atoms with E-state index in [-0.39, 0.29) is 12.7 Å². The van der Waals surface area contributed by atoms with E-state index >= 15 is 0 Å². The molecule has 2 rings (SSSR count). The van der Waals surface area contributed by atoms with Gasteiger partial charge in [0.15, 0.2) is 11.5 Å². The van der Waals surface area contributed by atoms with E-state index in [0.29, 0.717) is 13.0 Å². The fourth-order valence-corrected chi connectivity index (χ4v) is 1.51. The van der Waals surface area contributed by atoms with Gasteiger partial charge < -0.3 is 14.6 Å². The Morgan fingerprint density at radius 2 is 2.29 bits per heavy atom. The van der Waals surface area contributed by atoms with E-state index in [2.05, 4.69) is 0 Å². The Morgan fingerprint density at radius 3 is 3.07 bits per heavy atom.